The number of amides is 3. The number of alkyl carbamates (subject to hydrolysis) is 1. The molecule has 0 aromatic heterocycles. The molecule has 1 atom stereocenters. The smallest absolute Gasteiger partial charge is 0.408 e. The quantitative estimate of drug-likeness (QED) is 0.372. The zero-order chi connectivity index (χ0) is 29.3. The maximum absolute atomic E-state index is 13.8. The lowest BCUT2D eigenvalue weighted by Gasteiger charge is -2.35. The van der Waals surface area contributed by atoms with Crippen molar-refractivity contribution >= 4 is 23.9 Å². The fourth-order valence-corrected chi connectivity index (χ4v) is 4.88. The van der Waals surface area contributed by atoms with Crippen LogP contribution in [0.4, 0.5) is 13.6 Å². The molecular weight excluding hydrogens is 526 g/mol. The van der Waals surface area contributed by atoms with Crippen molar-refractivity contribution in [2.45, 2.75) is 83.1 Å². The van der Waals surface area contributed by atoms with Crippen LogP contribution in [0.5, 0.6) is 0 Å². The lowest BCUT2D eigenvalue weighted by atomic mass is 9.81. The van der Waals surface area contributed by atoms with Crippen molar-refractivity contribution in [2.24, 2.45) is 5.92 Å². The van der Waals surface area contributed by atoms with Crippen LogP contribution >= 0.6 is 0 Å². The van der Waals surface area contributed by atoms with Gasteiger partial charge in [-0.15, -0.1) is 0 Å². The van der Waals surface area contributed by atoms with Gasteiger partial charge in [0.05, 0.1) is 19.6 Å². The van der Waals surface area contributed by atoms with Crippen LogP contribution in [0.15, 0.2) is 30.3 Å². The molecule has 1 heterocycles. The Morgan fingerprint density at radius 2 is 1.73 bits per heavy atom. The van der Waals surface area contributed by atoms with Gasteiger partial charge in [0.15, 0.2) is 0 Å². The Morgan fingerprint density at radius 3 is 2.33 bits per heavy atom. The number of likely N-dealkylation sites (tertiary alicyclic amines) is 1. The Labute approximate surface area is 233 Å². The van der Waals surface area contributed by atoms with E-state index < -0.39 is 48.5 Å². The minimum Gasteiger partial charge on any atom is -0.460 e. The molecule has 0 spiro atoms. The highest BCUT2D eigenvalue weighted by Gasteiger charge is 2.44. The van der Waals surface area contributed by atoms with Crippen molar-refractivity contribution in [1.29, 1.82) is 0 Å². The molecule has 1 aliphatic carbocycles. The minimum atomic E-state index is -2.94. The molecule has 1 saturated carbocycles. The molecule has 1 aromatic carbocycles. The highest BCUT2D eigenvalue weighted by atomic mass is 19.3. The first kappa shape index (κ1) is 31.3. The maximum atomic E-state index is 13.8. The molecule has 1 aliphatic heterocycles. The number of ether oxygens (including phenoxy) is 2. The zero-order valence-electron chi connectivity index (χ0n) is 23.3. The van der Waals surface area contributed by atoms with Crippen molar-refractivity contribution in [3.63, 3.8) is 0 Å². The molecule has 2 fully saturated rings. The number of esters is 1. The standard InChI is InChI=1S/C28H40F2N4O6/c1-27(2,3)40-26(38)33-24(25(37)34-14-13-28(29,30)18-34)20-9-11-21(12-10-20)32-22(35)15-31-16-23(36)39-17-19-7-5-4-6-8-19/h4-8,20-21,24,31H,9-18H2,1-3H3,(H,32,35)(H,33,38)/t20-,21-,24-/m0/s1. The van der Waals surface area contributed by atoms with Crippen LogP contribution in [0.25, 0.3) is 0 Å². The number of hydrogen-bond acceptors (Lipinski definition) is 7. The molecule has 2 aliphatic rings. The molecule has 0 bridgehead atoms. The van der Waals surface area contributed by atoms with Crippen molar-refractivity contribution in [3.8, 4) is 0 Å². The number of nitrogens with zero attached hydrogens (tertiary/aromatic N) is 1. The molecule has 3 N–H and O–H groups in total. The summed E-state index contributed by atoms with van der Waals surface area (Å²) in [5.74, 6) is -4.53. The summed E-state index contributed by atoms with van der Waals surface area (Å²) in [6.07, 6.45) is 0.911. The summed E-state index contributed by atoms with van der Waals surface area (Å²) < 4.78 is 38.0. The molecule has 1 saturated heterocycles. The first-order valence-corrected chi connectivity index (χ1v) is 13.7. The Bertz CT molecular complexity index is 1030. The molecular formula is C28H40F2N4O6. The summed E-state index contributed by atoms with van der Waals surface area (Å²) in [5, 5.41) is 8.31. The molecule has 3 rings (SSSR count). The van der Waals surface area contributed by atoms with E-state index in [-0.39, 0.29) is 44.1 Å². The van der Waals surface area contributed by atoms with E-state index in [0.29, 0.717) is 25.7 Å². The molecule has 12 heteroatoms. The second-order valence-electron chi connectivity index (χ2n) is 11.4. The molecule has 1 aromatic rings. The van der Waals surface area contributed by atoms with Gasteiger partial charge in [-0.1, -0.05) is 30.3 Å². The summed E-state index contributed by atoms with van der Waals surface area (Å²) in [6.45, 7) is 4.33. The highest BCUT2D eigenvalue weighted by Crippen LogP contribution is 2.31. The lowest BCUT2D eigenvalue weighted by Crippen LogP contribution is -2.54. The number of alkyl halides is 2. The van der Waals surface area contributed by atoms with Crippen LogP contribution in [0.3, 0.4) is 0 Å². The number of carbonyl (C=O) groups excluding carboxylic acids is 4. The minimum absolute atomic E-state index is 0.0646. The maximum Gasteiger partial charge on any atom is 0.408 e. The van der Waals surface area contributed by atoms with E-state index >= 15 is 0 Å². The second-order valence-corrected chi connectivity index (χ2v) is 11.4. The zero-order valence-corrected chi connectivity index (χ0v) is 23.3. The Balaban J connectivity index is 1.44. The van der Waals surface area contributed by atoms with Crippen molar-refractivity contribution in [2.75, 3.05) is 26.2 Å². The molecule has 222 valence electrons. The van der Waals surface area contributed by atoms with Crippen LogP contribution in [-0.2, 0) is 30.5 Å². The number of rotatable bonds is 10. The van der Waals surface area contributed by atoms with E-state index in [0.717, 1.165) is 10.5 Å². The summed E-state index contributed by atoms with van der Waals surface area (Å²) >= 11 is 0. The number of hydrogen-bond donors (Lipinski definition) is 3. The molecule has 3 amide bonds. The van der Waals surface area contributed by atoms with Gasteiger partial charge in [-0.05, 0) is 57.9 Å². The van der Waals surface area contributed by atoms with Gasteiger partial charge >= 0.3 is 12.1 Å². The summed E-state index contributed by atoms with van der Waals surface area (Å²) in [4.78, 5) is 51.1. The third-order valence-electron chi connectivity index (χ3n) is 6.83. The van der Waals surface area contributed by atoms with Crippen LogP contribution in [0.2, 0.25) is 0 Å². The second kappa shape index (κ2) is 13.9. The van der Waals surface area contributed by atoms with Gasteiger partial charge in [0, 0.05) is 19.0 Å². The first-order valence-electron chi connectivity index (χ1n) is 13.7. The number of carbonyl (C=O) groups is 4. The van der Waals surface area contributed by atoms with E-state index in [1.807, 2.05) is 30.3 Å². The normalized spacial score (nSPS) is 21.3. The van der Waals surface area contributed by atoms with Gasteiger partial charge < -0.3 is 25.0 Å². The van der Waals surface area contributed by atoms with Crippen molar-refractivity contribution in [1.82, 2.24) is 20.9 Å². The molecule has 0 unspecified atom stereocenters. The average molecular weight is 567 g/mol. The summed E-state index contributed by atoms with van der Waals surface area (Å²) in [6, 6.07) is 8.12. The van der Waals surface area contributed by atoms with Crippen LogP contribution in [0, 0.1) is 5.92 Å². The van der Waals surface area contributed by atoms with Crippen molar-refractivity contribution in [3.05, 3.63) is 35.9 Å². The van der Waals surface area contributed by atoms with E-state index in [2.05, 4.69) is 16.0 Å². The number of halogens is 2. The highest BCUT2D eigenvalue weighted by molar-refractivity contribution is 5.86. The monoisotopic (exact) mass is 566 g/mol. The summed E-state index contributed by atoms with van der Waals surface area (Å²) in [7, 11) is 0. The SMILES string of the molecule is CC(C)(C)OC(=O)N[C@H](C(=O)N1CCC(F)(F)C1)[C@H]1CC[C@H](NC(=O)CNCC(=O)OCc2ccccc2)CC1. The van der Waals surface area contributed by atoms with Gasteiger partial charge in [0.2, 0.25) is 11.8 Å². The Morgan fingerprint density at radius 1 is 1.05 bits per heavy atom. The number of nitrogens with one attached hydrogen (secondary N) is 3. The van der Waals surface area contributed by atoms with Gasteiger partial charge in [-0.2, -0.15) is 0 Å². The predicted octanol–water partition coefficient (Wildman–Crippen LogP) is 2.76. The fraction of sp³-hybridized carbons (Fsp3) is 0.643. The third-order valence-corrected chi connectivity index (χ3v) is 6.83. The van der Waals surface area contributed by atoms with Gasteiger partial charge in [-0.3, -0.25) is 19.7 Å². The molecule has 40 heavy (non-hydrogen) atoms. The lowest BCUT2D eigenvalue weighted by molar-refractivity contribution is -0.143. The fourth-order valence-electron chi connectivity index (χ4n) is 4.88. The van der Waals surface area contributed by atoms with E-state index in [1.54, 1.807) is 20.8 Å². The Kier molecular flexibility index (Phi) is 10.8. The Hall–Kier alpha value is -3.28. The van der Waals surface area contributed by atoms with E-state index in [4.69, 9.17) is 9.47 Å². The van der Waals surface area contributed by atoms with Gasteiger partial charge in [-0.25, -0.2) is 13.6 Å². The van der Waals surface area contributed by atoms with E-state index in [1.165, 1.54) is 0 Å². The average Bonchev–Trinajstić information content (AvgIpc) is 3.25. The van der Waals surface area contributed by atoms with Gasteiger partial charge in [0.25, 0.3) is 5.92 Å². The summed E-state index contributed by atoms with van der Waals surface area (Å²) in [5.41, 5.74) is 0.0836. The number of benzene rings is 1. The topological polar surface area (TPSA) is 126 Å². The van der Waals surface area contributed by atoms with Gasteiger partial charge in [0.1, 0.15) is 18.2 Å². The molecule has 0 radical (unpaired) electrons. The first-order chi connectivity index (χ1) is 18.8. The molecule has 10 nitrogen and oxygen atoms in total. The van der Waals surface area contributed by atoms with Crippen LogP contribution < -0.4 is 16.0 Å². The van der Waals surface area contributed by atoms with E-state index in [9.17, 15) is 28.0 Å². The van der Waals surface area contributed by atoms with Crippen molar-refractivity contribution < 1.29 is 37.4 Å². The predicted molar refractivity (Wildman–Crippen MR) is 142 cm³/mol. The van der Waals surface area contributed by atoms with Crippen LogP contribution in [0.1, 0.15) is 58.4 Å². The third kappa shape index (κ3) is 10.4. The van der Waals surface area contributed by atoms with Crippen LogP contribution in [-0.4, -0.2) is 78.6 Å². The largest absolute Gasteiger partial charge is 0.460 e.